The monoisotopic (exact) mass is 254 g/mol. The van der Waals surface area contributed by atoms with E-state index in [9.17, 15) is 4.79 Å². The molecular weight excluding hydrogens is 240 g/mol. The molecule has 3 rings (SSSR count). The van der Waals surface area contributed by atoms with Crippen molar-refractivity contribution in [2.24, 2.45) is 0 Å². The van der Waals surface area contributed by atoms with E-state index in [1.807, 2.05) is 24.3 Å². The fraction of sp³-hybridized carbons (Fsp3) is 0.214. The van der Waals surface area contributed by atoms with Crippen LogP contribution in [-0.4, -0.2) is 29.2 Å². The summed E-state index contributed by atoms with van der Waals surface area (Å²) in [6, 6.07) is 9.55. The van der Waals surface area contributed by atoms with E-state index in [2.05, 4.69) is 15.5 Å². The number of benzene rings is 1. The van der Waals surface area contributed by atoms with Crippen LogP contribution in [0.1, 0.15) is 16.8 Å². The first kappa shape index (κ1) is 11.6. The van der Waals surface area contributed by atoms with E-state index in [1.165, 1.54) is 12.4 Å². The summed E-state index contributed by atoms with van der Waals surface area (Å²) >= 11 is 0. The lowest BCUT2D eigenvalue weighted by atomic mass is 10.2. The van der Waals surface area contributed by atoms with E-state index in [0.29, 0.717) is 12.1 Å². The number of anilines is 2. The molecule has 0 spiro atoms. The van der Waals surface area contributed by atoms with Gasteiger partial charge < -0.3 is 10.2 Å². The maximum atomic E-state index is 12.5. The number of carbonyl (C=O) groups excluding carboxylic acids is 1. The Morgan fingerprint density at radius 3 is 2.95 bits per heavy atom. The number of hydrogen-bond acceptors (Lipinski definition) is 4. The first-order chi connectivity index (χ1) is 9.36. The highest BCUT2D eigenvalue weighted by atomic mass is 16.2. The van der Waals surface area contributed by atoms with Crippen LogP contribution in [-0.2, 0) is 0 Å². The third-order valence-corrected chi connectivity index (χ3v) is 3.15. The first-order valence-corrected chi connectivity index (χ1v) is 6.28. The van der Waals surface area contributed by atoms with Gasteiger partial charge in [-0.05, 0) is 24.6 Å². The molecule has 5 nitrogen and oxygen atoms in total. The van der Waals surface area contributed by atoms with Gasteiger partial charge in [0, 0.05) is 13.1 Å². The highest BCUT2D eigenvalue weighted by Crippen LogP contribution is 2.28. The summed E-state index contributed by atoms with van der Waals surface area (Å²) < 4.78 is 0. The van der Waals surface area contributed by atoms with E-state index >= 15 is 0 Å². The van der Waals surface area contributed by atoms with Crippen molar-refractivity contribution in [2.45, 2.75) is 6.42 Å². The van der Waals surface area contributed by atoms with Crippen molar-refractivity contribution < 1.29 is 4.79 Å². The predicted molar refractivity (Wildman–Crippen MR) is 73.3 cm³/mol. The lowest BCUT2D eigenvalue weighted by Gasteiger charge is -2.22. The number of nitrogens with zero attached hydrogens (tertiary/aromatic N) is 3. The average Bonchev–Trinajstić information content (AvgIpc) is 2.70. The third-order valence-electron chi connectivity index (χ3n) is 3.15. The lowest BCUT2D eigenvalue weighted by molar-refractivity contribution is 0.0986. The summed E-state index contributed by atoms with van der Waals surface area (Å²) in [6.07, 6.45) is 3.96. The van der Waals surface area contributed by atoms with Crippen molar-refractivity contribution in [3.63, 3.8) is 0 Å². The summed E-state index contributed by atoms with van der Waals surface area (Å²) in [5.74, 6) is -0.0361. The van der Waals surface area contributed by atoms with Crippen LogP contribution < -0.4 is 10.2 Å². The number of carbonyl (C=O) groups is 1. The molecule has 0 unspecified atom stereocenters. The van der Waals surface area contributed by atoms with Gasteiger partial charge in [-0.2, -0.15) is 10.2 Å². The molecule has 5 heteroatoms. The third kappa shape index (κ3) is 2.27. The average molecular weight is 254 g/mol. The second-order valence-electron chi connectivity index (χ2n) is 4.39. The van der Waals surface area contributed by atoms with Gasteiger partial charge in [0.1, 0.15) is 0 Å². The zero-order chi connectivity index (χ0) is 13.1. The topological polar surface area (TPSA) is 58.1 Å². The van der Waals surface area contributed by atoms with Crippen LogP contribution in [0.15, 0.2) is 42.7 Å². The van der Waals surface area contributed by atoms with Crippen LogP contribution in [0.2, 0.25) is 0 Å². The first-order valence-electron chi connectivity index (χ1n) is 6.28. The molecule has 1 aliphatic rings. The van der Waals surface area contributed by atoms with E-state index in [1.54, 1.807) is 11.0 Å². The molecule has 0 aliphatic carbocycles. The number of nitrogens with one attached hydrogen (secondary N) is 1. The minimum atomic E-state index is -0.0361. The Hall–Kier alpha value is -2.43. The number of aromatic nitrogens is 2. The molecule has 2 aromatic rings. The minimum Gasteiger partial charge on any atom is -0.383 e. The molecule has 1 aromatic heterocycles. The summed E-state index contributed by atoms with van der Waals surface area (Å²) in [5.41, 5.74) is 2.48. The largest absolute Gasteiger partial charge is 0.383 e. The van der Waals surface area contributed by atoms with Gasteiger partial charge in [-0.1, -0.05) is 12.1 Å². The van der Waals surface area contributed by atoms with Crippen LogP contribution in [0, 0.1) is 0 Å². The van der Waals surface area contributed by atoms with Gasteiger partial charge in [0.2, 0.25) is 0 Å². The van der Waals surface area contributed by atoms with Crippen molar-refractivity contribution in [3.05, 3.63) is 48.3 Å². The summed E-state index contributed by atoms with van der Waals surface area (Å²) in [7, 11) is 0. The Morgan fingerprint density at radius 2 is 2.11 bits per heavy atom. The van der Waals surface area contributed by atoms with Crippen LogP contribution in [0.25, 0.3) is 0 Å². The van der Waals surface area contributed by atoms with Crippen LogP contribution in [0.3, 0.4) is 0 Å². The molecule has 0 atom stereocenters. The van der Waals surface area contributed by atoms with Crippen molar-refractivity contribution >= 4 is 17.3 Å². The smallest absolute Gasteiger partial charge is 0.260 e. The molecule has 1 amide bonds. The summed E-state index contributed by atoms with van der Waals surface area (Å²) in [6.45, 7) is 1.57. The van der Waals surface area contributed by atoms with Gasteiger partial charge in [0.25, 0.3) is 5.91 Å². The number of amides is 1. The SMILES string of the molecule is O=C(c1ccnnc1)N1CCCNc2ccccc21. The zero-order valence-corrected chi connectivity index (χ0v) is 10.4. The highest BCUT2D eigenvalue weighted by Gasteiger charge is 2.21. The second-order valence-corrected chi connectivity index (χ2v) is 4.39. The maximum absolute atomic E-state index is 12.5. The van der Waals surface area contributed by atoms with E-state index in [0.717, 1.165) is 24.3 Å². The Bertz CT molecular complexity index is 585. The molecule has 1 aliphatic heterocycles. The second kappa shape index (κ2) is 5.06. The Balaban J connectivity index is 1.99. The molecule has 0 fully saturated rings. The molecule has 0 radical (unpaired) electrons. The van der Waals surface area contributed by atoms with Crippen molar-refractivity contribution in [1.29, 1.82) is 0 Å². The Morgan fingerprint density at radius 1 is 1.21 bits per heavy atom. The van der Waals surface area contributed by atoms with Gasteiger partial charge in [0.15, 0.2) is 0 Å². The number of rotatable bonds is 1. The van der Waals surface area contributed by atoms with Crippen LogP contribution in [0.4, 0.5) is 11.4 Å². The Kier molecular flexibility index (Phi) is 3.10. The van der Waals surface area contributed by atoms with E-state index in [4.69, 9.17) is 0 Å². The standard InChI is InChI=1S/C14H14N4O/c19-14(11-6-8-16-17-10-11)18-9-3-7-15-12-4-1-2-5-13(12)18/h1-2,4-6,8,10,15H,3,7,9H2. The number of fused-ring (bicyclic) bond motifs is 1. The zero-order valence-electron chi connectivity index (χ0n) is 10.4. The van der Waals surface area contributed by atoms with Gasteiger partial charge >= 0.3 is 0 Å². The maximum Gasteiger partial charge on any atom is 0.260 e. The van der Waals surface area contributed by atoms with Gasteiger partial charge in [-0.3, -0.25) is 4.79 Å². The quantitative estimate of drug-likeness (QED) is 0.845. The fourth-order valence-corrected chi connectivity index (χ4v) is 2.22. The molecule has 96 valence electrons. The lowest BCUT2D eigenvalue weighted by Crippen LogP contribution is -2.31. The Labute approximate surface area is 111 Å². The molecule has 2 heterocycles. The molecule has 1 N–H and O–H groups in total. The van der Waals surface area contributed by atoms with Gasteiger partial charge in [-0.15, -0.1) is 0 Å². The molecule has 0 bridgehead atoms. The molecule has 1 aromatic carbocycles. The summed E-state index contributed by atoms with van der Waals surface area (Å²) in [4.78, 5) is 14.3. The van der Waals surface area contributed by atoms with Crippen molar-refractivity contribution in [1.82, 2.24) is 10.2 Å². The summed E-state index contributed by atoms with van der Waals surface area (Å²) in [5, 5.41) is 10.8. The fourth-order valence-electron chi connectivity index (χ4n) is 2.22. The van der Waals surface area contributed by atoms with Crippen molar-refractivity contribution in [2.75, 3.05) is 23.3 Å². The van der Waals surface area contributed by atoms with Crippen LogP contribution in [0.5, 0.6) is 0 Å². The number of para-hydroxylation sites is 2. The van der Waals surface area contributed by atoms with E-state index in [-0.39, 0.29) is 5.91 Å². The predicted octanol–water partition coefficient (Wildman–Crippen LogP) is 1.94. The van der Waals surface area contributed by atoms with Crippen LogP contribution >= 0.6 is 0 Å². The molecule has 19 heavy (non-hydrogen) atoms. The normalized spacial score (nSPS) is 14.2. The minimum absolute atomic E-state index is 0.0361. The molecule has 0 saturated carbocycles. The van der Waals surface area contributed by atoms with Gasteiger partial charge in [0.05, 0.1) is 29.3 Å². The van der Waals surface area contributed by atoms with Crippen molar-refractivity contribution in [3.8, 4) is 0 Å². The molecular formula is C14H14N4O. The van der Waals surface area contributed by atoms with E-state index < -0.39 is 0 Å². The highest BCUT2D eigenvalue weighted by molar-refractivity contribution is 6.07. The van der Waals surface area contributed by atoms with Gasteiger partial charge in [-0.25, -0.2) is 0 Å². The number of hydrogen-bond donors (Lipinski definition) is 1. The molecule has 0 saturated heterocycles.